The minimum absolute atomic E-state index is 0.144. The molecule has 1 aliphatic rings. The Bertz CT molecular complexity index is 1480. The first kappa shape index (κ1) is 28.2. The Morgan fingerprint density at radius 2 is 1.59 bits per heavy atom. The van der Waals surface area contributed by atoms with E-state index in [9.17, 15) is 44.7 Å². The van der Waals surface area contributed by atoms with Gasteiger partial charge in [-0.05, 0) is 13.0 Å². The zero-order chi connectivity index (χ0) is 28.9. The molecule has 1 saturated heterocycles. The van der Waals surface area contributed by atoms with Crippen molar-refractivity contribution in [3.63, 3.8) is 0 Å². The fourth-order valence-electron chi connectivity index (χ4n) is 3.92. The van der Waals surface area contributed by atoms with Crippen molar-refractivity contribution in [1.82, 2.24) is 14.9 Å². The molecule has 0 bridgehead atoms. The van der Waals surface area contributed by atoms with Crippen molar-refractivity contribution in [1.29, 1.82) is 0 Å². The van der Waals surface area contributed by atoms with Crippen LogP contribution in [-0.4, -0.2) is 59.9 Å². The highest BCUT2D eigenvalue weighted by atomic mass is 19.4. The summed E-state index contributed by atoms with van der Waals surface area (Å²) in [5, 5.41) is 0.569. The molecular weight excluding hydrogens is 551 g/mol. The minimum Gasteiger partial charge on any atom is -0.378 e. The molecule has 39 heavy (non-hydrogen) atoms. The van der Waals surface area contributed by atoms with Crippen LogP contribution in [0, 0.1) is 23.3 Å². The maximum Gasteiger partial charge on any atom is 0.455 e. The van der Waals surface area contributed by atoms with Crippen LogP contribution in [0.4, 0.5) is 45.3 Å². The number of fused-ring (bicyclic) bond motifs is 1. The third-order valence-electron chi connectivity index (χ3n) is 5.96. The lowest BCUT2D eigenvalue weighted by molar-refractivity contribution is -0.290. The number of nitrogens with one attached hydrogen (secondary N) is 1. The Balaban J connectivity index is 1.95. The first-order chi connectivity index (χ1) is 18.1. The van der Waals surface area contributed by atoms with Gasteiger partial charge >= 0.3 is 12.1 Å². The van der Waals surface area contributed by atoms with E-state index >= 15 is 4.39 Å². The monoisotopic (exact) mass is 568 g/mol. The molecule has 3 heterocycles. The number of morpholine rings is 1. The van der Waals surface area contributed by atoms with E-state index in [0.29, 0.717) is 23.8 Å². The zero-order valence-electron chi connectivity index (χ0n) is 19.7. The van der Waals surface area contributed by atoms with E-state index in [1.807, 2.05) is 0 Å². The third kappa shape index (κ3) is 5.12. The van der Waals surface area contributed by atoms with Crippen molar-refractivity contribution in [2.75, 3.05) is 31.2 Å². The SMILES string of the molecule is CC(NC(=O)c1cn(-c2c(F)cc(F)cc2F)c2nc(N3CCOCC3)c(F)cc2c1=O)C(F)(F)C(F)(F)F. The van der Waals surface area contributed by atoms with E-state index in [1.165, 1.54) is 10.2 Å². The van der Waals surface area contributed by atoms with Crippen LogP contribution in [-0.2, 0) is 4.74 Å². The van der Waals surface area contributed by atoms with Crippen LogP contribution >= 0.6 is 0 Å². The van der Waals surface area contributed by atoms with E-state index in [0.717, 1.165) is 0 Å². The molecule has 1 aliphatic heterocycles. The van der Waals surface area contributed by atoms with Gasteiger partial charge in [0.05, 0.1) is 24.6 Å². The number of carbonyl (C=O) groups excluding carboxylic acids is 1. The normalized spacial score (nSPS) is 15.5. The minimum atomic E-state index is -6.06. The van der Waals surface area contributed by atoms with Gasteiger partial charge in [0.1, 0.15) is 17.1 Å². The molecule has 1 aromatic carbocycles. The molecule has 0 spiro atoms. The Morgan fingerprint density at radius 3 is 2.15 bits per heavy atom. The predicted octanol–water partition coefficient (Wildman–Crippen LogP) is 4.09. The predicted molar refractivity (Wildman–Crippen MR) is 118 cm³/mol. The van der Waals surface area contributed by atoms with Crippen LogP contribution < -0.4 is 15.6 Å². The molecule has 0 aliphatic carbocycles. The number of rotatable bonds is 5. The number of halogens is 9. The number of pyridine rings is 2. The first-order valence-electron chi connectivity index (χ1n) is 11.1. The lowest BCUT2D eigenvalue weighted by atomic mass is 10.1. The number of ether oxygens (including phenoxy) is 1. The maximum absolute atomic E-state index is 15.0. The summed E-state index contributed by atoms with van der Waals surface area (Å²) >= 11 is 0. The van der Waals surface area contributed by atoms with E-state index in [-0.39, 0.29) is 44.3 Å². The number of amides is 1. The van der Waals surface area contributed by atoms with Crippen LogP contribution in [0.1, 0.15) is 17.3 Å². The Morgan fingerprint density at radius 1 is 1.00 bits per heavy atom. The fourth-order valence-corrected chi connectivity index (χ4v) is 3.92. The van der Waals surface area contributed by atoms with Crippen molar-refractivity contribution in [2.24, 2.45) is 0 Å². The highest BCUT2D eigenvalue weighted by Crippen LogP contribution is 2.38. The van der Waals surface area contributed by atoms with Gasteiger partial charge in [-0.3, -0.25) is 14.2 Å². The standard InChI is InChI=1S/C23H17F9N4O3/c1-10(22(28,29)23(30,31)32)33-21(38)13-9-36(17-14(25)6-11(24)7-15(17)26)19-12(18(13)37)8-16(27)20(34-19)35-2-4-39-5-3-35/h6-10H,2-5H2,1H3,(H,33,38). The summed E-state index contributed by atoms with van der Waals surface area (Å²) in [4.78, 5) is 31.2. The molecule has 4 rings (SSSR count). The lowest BCUT2D eigenvalue weighted by Gasteiger charge is -2.28. The molecule has 0 saturated carbocycles. The van der Waals surface area contributed by atoms with Gasteiger partial charge in [0.15, 0.2) is 28.9 Å². The average Bonchev–Trinajstić information content (AvgIpc) is 2.84. The van der Waals surface area contributed by atoms with Crippen LogP contribution in [0.5, 0.6) is 0 Å². The van der Waals surface area contributed by atoms with Gasteiger partial charge in [0, 0.05) is 31.4 Å². The van der Waals surface area contributed by atoms with E-state index in [2.05, 4.69) is 4.98 Å². The molecule has 210 valence electrons. The number of nitrogens with zero attached hydrogens (tertiary/aromatic N) is 3. The number of anilines is 1. The summed E-state index contributed by atoms with van der Waals surface area (Å²) in [5.41, 5.74) is -4.26. The molecule has 16 heteroatoms. The van der Waals surface area contributed by atoms with Gasteiger partial charge < -0.3 is 15.0 Å². The van der Waals surface area contributed by atoms with Gasteiger partial charge in [0.2, 0.25) is 5.43 Å². The van der Waals surface area contributed by atoms with Gasteiger partial charge in [-0.15, -0.1) is 0 Å². The second-order valence-electron chi connectivity index (χ2n) is 8.54. The lowest BCUT2D eigenvalue weighted by Crippen LogP contribution is -2.54. The quantitative estimate of drug-likeness (QED) is 0.470. The smallest absolute Gasteiger partial charge is 0.378 e. The summed E-state index contributed by atoms with van der Waals surface area (Å²) in [5.74, 6) is -13.1. The number of alkyl halides is 5. The summed E-state index contributed by atoms with van der Waals surface area (Å²) in [6, 6.07) is -1.80. The highest BCUT2D eigenvalue weighted by Gasteiger charge is 2.61. The van der Waals surface area contributed by atoms with Gasteiger partial charge in [-0.25, -0.2) is 22.5 Å². The molecule has 1 amide bonds. The molecule has 3 aromatic rings. The molecule has 2 aromatic heterocycles. The van der Waals surface area contributed by atoms with Crippen molar-refractivity contribution < 1.29 is 49.0 Å². The zero-order valence-corrected chi connectivity index (χ0v) is 19.7. The molecule has 1 fully saturated rings. The van der Waals surface area contributed by atoms with Crippen molar-refractivity contribution in [2.45, 2.75) is 25.1 Å². The van der Waals surface area contributed by atoms with Crippen molar-refractivity contribution in [3.05, 3.63) is 63.5 Å². The highest BCUT2D eigenvalue weighted by molar-refractivity contribution is 5.97. The van der Waals surface area contributed by atoms with E-state index < -0.39 is 75.0 Å². The molecule has 1 N–H and O–H groups in total. The first-order valence-corrected chi connectivity index (χ1v) is 11.1. The Labute approximate surface area is 212 Å². The summed E-state index contributed by atoms with van der Waals surface area (Å²) in [6.07, 6.45) is -5.63. The largest absolute Gasteiger partial charge is 0.455 e. The van der Waals surface area contributed by atoms with E-state index in [1.54, 1.807) is 0 Å². The van der Waals surface area contributed by atoms with Gasteiger partial charge in [-0.2, -0.15) is 22.0 Å². The van der Waals surface area contributed by atoms with Crippen molar-refractivity contribution >= 4 is 22.8 Å². The average molecular weight is 568 g/mol. The Kier molecular flexibility index (Phi) is 7.27. The van der Waals surface area contributed by atoms with Gasteiger partial charge in [0.25, 0.3) is 5.91 Å². The number of carbonyl (C=O) groups is 1. The molecule has 7 nitrogen and oxygen atoms in total. The summed E-state index contributed by atoms with van der Waals surface area (Å²) in [7, 11) is 0. The van der Waals surface area contributed by atoms with Crippen LogP contribution in [0.2, 0.25) is 0 Å². The number of benzene rings is 1. The fraction of sp³-hybridized carbons (Fsp3) is 0.348. The van der Waals surface area contributed by atoms with Crippen LogP contribution in [0.3, 0.4) is 0 Å². The molecule has 1 unspecified atom stereocenters. The Hall–Kier alpha value is -3.82. The molecule has 0 radical (unpaired) electrons. The van der Waals surface area contributed by atoms with E-state index in [4.69, 9.17) is 4.74 Å². The number of hydrogen-bond acceptors (Lipinski definition) is 5. The second-order valence-corrected chi connectivity index (χ2v) is 8.54. The molecular formula is C23H17F9N4O3. The number of hydrogen-bond donors (Lipinski definition) is 1. The topological polar surface area (TPSA) is 76.5 Å². The summed E-state index contributed by atoms with van der Waals surface area (Å²) in [6.45, 7) is 0.954. The van der Waals surface area contributed by atoms with Crippen LogP contribution in [0.25, 0.3) is 16.7 Å². The van der Waals surface area contributed by atoms with Gasteiger partial charge in [-0.1, -0.05) is 0 Å². The van der Waals surface area contributed by atoms with Crippen LogP contribution in [0.15, 0.2) is 29.2 Å². The number of aromatic nitrogens is 2. The third-order valence-corrected chi connectivity index (χ3v) is 5.96. The second kappa shape index (κ2) is 10.1. The maximum atomic E-state index is 15.0. The molecule has 1 atom stereocenters. The van der Waals surface area contributed by atoms with Crippen molar-refractivity contribution in [3.8, 4) is 5.69 Å². The summed E-state index contributed by atoms with van der Waals surface area (Å²) < 4.78 is 129.